The van der Waals surface area contributed by atoms with Gasteiger partial charge in [-0.15, -0.1) is 0 Å². The highest BCUT2D eigenvalue weighted by molar-refractivity contribution is 6.13. The van der Waals surface area contributed by atoms with Crippen LogP contribution in [0.4, 0.5) is 45.9 Å². The van der Waals surface area contributed by atoms with Gasteiger partial charge in [0.25, 0.3) is 17.7 Å². The number of likely N-dealkylation sites (tertiary alicyclic amines) is 1. The quantitative estimate of drug-likeness (QED) is 0.0524. The van der Waals surface area contributed by atoms with E-state index in [0.717, 1.165) is 232 Å². The van der Waals surface area contributed by atoms with Gasteiger partial charge in [0.15, 0.2) is 17.1 Å². The average molecular weight is 1480 g/mol. The number of pyridine rings is 6. The van der Waals surface area contributed by atoms with Crippen LogP contribution in [0, 0.1) is 0 Å². The topological polar surface area (TPSA) is 289 Å². The summed E-state index contributed by atoms with van der Waals surface area (Å²) in [5.74, 6) is 1.98. The lowest BCUT2D eigenvalue weighted by Crippen LogP contribution is -2.44. The number of nitrogens with one attached hydrogen (secondary N) is 6. The summed E-state index contributed by atoms with van der Waals surface area (Å²) in [4.78, 5) is 87.4. The number of ether oxygens (including phenoxy) is 1. The van der Waals surface area contributed by atoms with Crippen LogP contribution in [0.3, 0.4) is 0 Å². The third-order valence-electron chi connectivity index (χ3n) is 21.5. The molecule has 0 spiro atoms. The number of aromatic nitrogens is 12. The number of benzene rings is 3. The molecule has 12 aromatic rings. The smallest absolute Gasteiger partial charge is 0.276 e. The minimum Gasteiger partial charge on any atom is -0.378 e. The van der Waals surface area contributed by atoms with Gasteiger partial charge < -0.3 is 59.9 Å². The molecule has 6 saturated heterocycles. The number of likely N-dealkylation sites (N-methyl/N-ethyl adjacent to an activating group) is 3. The molecule has 0 atom stereocenters. The molecule has 564 valence electrons. The molecule has 28 nitrogen and oxygen atoms in total. The first-order chi connectivity index (χ1) is 53.9. The standard InChI is InChI=1S/C28H32N8O.C27H30N8O2.C27H30N8O/c1-34-11-13-36(14-12-34)26-8-6-22(18-30-26)31-28(37)27-24-16-20(5-7-25(24)32-33-27)21-15-23(19-29-17-21)35-9-3-2-4-10-35;1-33-6-8-35(9-7-33)25-5-3-21(17-29-25)30-27(36)26-23-15-19(2-4-24(23)31-32-26)20-14-22(18-28-16-20)34-10-12-37-13-11-34;1-33-9-11-35(12-10-33)25-6-4-22(17-29-25)30-27(36)26-23-14-20(3-5-24(23)31-32-26)21-13-19(15-28-16-21)18-34-7-2-8-34/h5-8,15-19H,2-4,9-14H2,1H3,(H,31,37)(H,32,33);2-5,14-18H,6-13H2,1H3,(H,30,36)(H,31,32);3-6,13-17H,2,7-12,18H2,1H3,(H,30,36)(H,31,32). The zero-order chi connectivity index (χ0) is 74.9. The van der Waals surface area contributed by atoms with E-state index in [9.17, 15) is 14.4 Å². The Morgan fingerprint density at radius 1 is 0.355 bits per heavy atom. The van der Waals surface area contributed by atoms with Crippen molar-refractivity contribution in [3.63, 3.8) is 0 Å². The van der Waals surface area contributed by atoms with Gasteiger partial charge in [-0.3, -0.25) is 49.5 Å². The van der Waals surface area contributed by atoms with E-state index in [4.69, 9.17) is 4.74 Å². The van der Waals surface area contributed by atoms with Crippen LogP contribution in [0.25, 0.3) is 66.1 Å². The van der Waals surface area contributed by atoms with Crippen molar-refractivity contribution < 1.29 is 19.1 Å². The third kappa shape index (κ3) is 17.0. The summed E-state index contributed by atoms with van der Waals surface area (Å²) in [6.07, 6.45) is 21.5. The largest absolute Gasteiger partial charge is 0.378 e. The third-order valence-corrected chi connectivity index (χ3v) is 21.5. The number of aromatic amines is 3. The maximum Gasteiger partial charge on any atom is 0.276 e. The summed E-state index contributed by atoms with van der Waals surface area (Å²) in [5, 5.41) is 33.0. The first-order valence-corrected chi connectivity index (χ1v) is 38.1. The van der Waals surface area contributed by atoms with Gasteiger partial charge in [0.05, 0.1) is 89.2 Å². The van der Waals surface area contributed by atoms with E-state index in [1.807, 2.05) is 128 Å². The Hall–Kier alpha value is -11.8. The van der Waals surface area contributed by atoms with Crippen LogP contribution >= 0.6 is 0 Å². The molecule has 6 N–H and O–H groups in total. The van der Waals surface area contributed by atoms with Crippen LogP contribution in [0.2, 0.25) is 0 Å². The average Bonchev–Trinajstić information content (AvgIpc) is 1.63. The van der Waals surface area contributed by atoms with Crippen molar-refractivity contribution in [2.45, 2.75) is 32.2 Å². The van der Waals surface area contributed by atoms with Gasteiger partial charge in [0.1, 0.15) is 17.5 Å². The Bertz CT molecular complexity index is 4950. The Morgan fingerprint density at radius 3 is 1.09 bits per heavy atom. The summed E-state index contributed by atoms with van der Waals surface area (Å²) in [5.41, 5.74) is 14.9. The lowest BCUT2D eigenvalue weighted by Gasteiger charge is -2.33. The molecule has 3 aromatic carbocycles. The van der Waals surface area contributed by atoms with Crippen molar-refractivity contribution in [3.05, 3.63) is 188 Å². The molecule has 6 aliphatic heterocycles. The molecule has 9 aromatic heterocycles. The minimum absolute atomic E-state index is 0.266. The summed E-state index contributed by atoms with van der Waals surface area (Å²) in [6, 6.07) is 36.0. The van der Waals surface area contributed by atoms with Gasteiger partial charge in [0.2, 0.25) is 0 Å². The van der Waals surface area contributed by atoms with E-state index in [1.165, 1.54) is 31.2 Å². The number of hydrogen-bond donors (Lipinski definition) is 6. The van der Waals surface area contributed by atoms with E-state index < -0.39 is 0 Å². The summed E-state index contributed by atoms with van der Waals surface area (Å²) in [7, 11) is 6.40. The van der Waals surface area contributed by atoms with E-state index in [1.54, 1.807) is 18.6 Å². The molecule has 0 bridgehead atoms. The Labute approximate surface area is 638 Å². The molecular formula is C82H92N24O4. The van der Waals surface area contributed by atoms with Gasteiger partial charge in [-0.05, 0) is 173 Å². The number of amides is 3. The highest BCUT2D eigenvalue weighted by atomic mass is 16.5. The summed E-state index contributed by atoms with van der Waals surface area (Å²) in [6.45, 7) is 20.3. The van der Waals surface area contributed by atoms with Crippen LogP contribution in [0.5, 0.6) is 0 Å². The van der Waals surface area contributed by atoms with Crippen LogP contribution in [0.15, 0.2) is 165 Å². The zero-order valence-electron chi connectivity index (χ0n) is 62.4. The van der Waals surface area contributed by atoms with Gasteiger partial charge in [0, 0.05) is 169 Å². The first-order valence-electron chi connectivity index (χ1n) is 38.1. The monoisotopic (exact) mass is 1480 g/mol. The fourth-order valence-electron chi connectivity index (χ4n) is 14.7. The second-order valence-electron chi connectivity index (χ2n) is 29.2. The predicted octanol–water partition coefficient (Wildman–Crippen LogP) is 10.1. The number of rotatable bonds is 16. The molecule has 3 amide bonds. The SMILES string of the molecule is CN1CCN(c2ccc(NC(=O)c3n[nH]c4ccc(-c5cncc(CN6CCC6)c5)cc34)cn2)CC1.CN1CCN(c2ccc(NC(=O)c3n[nH]c4ccc(-c5cncc(N6CCCCC6)c5)cc34)cn2)CC1.CN1CCN(c2ccc(NC(=O)c3n[nH]c4ccc(-c5cncc(N6CCOCC6)c5)cc34)cn2)CC1. The minimum atomic E-state index is -0.280. The van der Waals surface area contributed by atoms with Crippen molar-refractivity contribution >= 4 is 96.3 Å². The molecule has 6 fully saturated rings. The van der Waals surface area contributed by atoms with Gasteiger partial charge in [-0.1, -0.05) is 18.2 Å². The lowest BCUT2D eigenvalue weighted by molar-refractivity contribution is 0.101. The predicted molar refractivity (Wildman–Crippen MR) is 433 cm³/mol. The fourth-order valence-corrected chi connectivity index (χ4v) is 14.7. The maximum atomic E-state index is 13.2. The molecule has 0 radical (unpaired) electrons. The van der Waals surface area contributed by atoms with Crippen molar-refractivity contribution in [1.29, 1.82) is 0 Å². The molecular weight excluding hydrogens is 1390 g/mol. The fraction of sp³-hybridized carbons (Fsp3) is 0.341. The highest BCUT2D eigenvalue weighted by Crippen LogP contribution is 2.33. The second-order valence-corrected chi connectivity index (χ2v) is 29.2. The van der Waals surface area contributed by atoms with Crippen molar-refractivity contribution in [2.24, 2.45) is 0 Å². The number of anilines is 8. The normalized spacial score (nSPS) is 16.8. The zero-order valence-corrected chi connectivity index (χ0v) is 62.4. The van der Waals surface area contributed by atoms with E-state index in [0.29, 0.717) is 34.1 Å². The van der Waals surface area contributed by atoms with Crippen LogP contribution < -0.4 is 40.4 Å². The lowest BCUT2D eigenvalue weighted by atomic mass is 10.0. The summed E-state index contributed by atoms with van der Waals surface area (Å²) < 4.78 is 5.47. The maximum absolute atomic E-state index is 13.2. The van der Waals surface area contributed by atoms with Crippen LogP contribution in [-0.2, 0) is 11.3 Å². The Kier molecular flexibility index (Phi) is 21.9. The molecule has 0 aliphatic carbocycles. The van der Waals surface area contributed by atoms with Gasteiger partial charge in [-0.2, -0.15) is 15.3 Å². The number of hydrogen-bond acceptors (Lipinski definition) is 22. The number of nitrogens with zero attached hydrogens (tertiary/aromatic N) is 18. The van der Waals surface area contributed by atoms with Crippen LogP contribution in [-0.4, -0.2) is 250 Å². The highest BCUT2D eigenvalue weighted by Gasteiger charge is 2.25. The summed E-state index contributed by atoms with van der Waals surface area (Å²) >= 11 is 0. The Balaban J connectivity index is 0.000000125. The molecule has 15 heterocycles. The molecule has 110 heavy (non-hydrogen) atoms. The Morgan fingerprint density at radius 2 is 0.727 bits per heavy atom. The number of carbonyl (C=O) groups excluding carboxylic acids is 3. The van der Waals surface area contributed by atoms with Gasteiger partial charge >= 0.3 is 0 Å². The van der Waals surface area contributed by atoms with Crippen molar-refractivity contribution in [2.75, 3.05) is 193 Å². The molecule has 0 unspecified atom stereocenters. The van der Waals surface area contributed by atoms with Crippen molar-refractivity contribution in [3.8, 4) is 33.4 Å². The van der Waals surface area contributed by atoms with E-state index in [2.05, 4.69) is 160 Å². The molecule has 18 rings (SSSR count). The van der Waals surface area contributed by atoms with Crippen LogP contribution in [0.1, 0.15) is 62.7 Å². The van der Waals surface area contributed by atoms with E-state index in [-0.39, 0.29) is 17.7 Å². The molecule has 6 aliphatic rings. The van der Waals surface area contributed by atoms with Crippen molar-refractivity contribution in [1.82, 2.24) is 80.1 Å². The number of H-pyrrole nitrogens is 3. The number of fused-ring (bicyclic) bond motifs is 3. The number of piperazine rings is 3. The number of piperidine rings is 1. The van der Waals surface area contributed by atoms with E-state index >= 15 is 0 Å². The van der Waals surface area contributed by atoms with Gasteiger partial charge in [-0.25, -0.2) is 15.0 Å². The number of carbonyl (C=O) groups is 3. The first kappa shape index (κ1) is 72.4. The molecule has 28 heteroatoms. The second kappa shape index (κ2) is 33.4. The molecule has 0 saturated carbocycles. The number of morpholine rings is 1.